The number of hydrogen-bond acceptors (Lipinski definition) is 4. The molecular weight excluding hydrogens is 376 g/mol. The number of nitro benzene ring substituents is 1. The first-order valence-electron chi connectivity index (χ1n) is 8.88. The average Bonchev–Trinajstić information content (AvgIpc) is 2.68. The molecule has 28 heavy (non-hydrogen) atoms. The minimum absolute atomic E-state index is 0.0636. The molecule has 0 unspecified atom stereocenters. The molecular formula is C22H21ClN2O3. The predicted molar refractivity (Wildman–Crippen MR) is 112 cm³/mol. The van der Waals surface area contributed by atoms with Gasteiger partial charge in [-0.25, -0.2) is 0 Å². The van der Waals surface area contributed by atoms with Crippen LogP contribution < -0.4 is 10.1 Å². The monoisotopic (exact) mass is 396 g/mol. The third-order valence-electron chi connectivity index (χ3n) is 4.43. The van der Waals surface area contributed by atoms with Crippen molar-refractivity contribution in [1.82, 2.24) is 0 Å². The van der Waals surface area contributed by atoms with Crippen molar-refractivity contribution in [2.75, 3.05) is 5.32 Å². The van der Waals surface area contributed by atoms with Crippen molar-refractivity contribution in [2.45, 2.75) is 27.0 Å². The molecule has 0 saturated heterocycles. The number of rotatable bonds is 7. The lowest BCUT2D eigenvalue weighted by Crippen LogP contribution is -2.05. The quantitative estimate of drug-likeness (QED) is 0.389. The Labute approximate surface area is 169 Å². The first-order valence-corrected chi connectivity index (χ1v) is 9.26. The lowest BCUT2D eigenvalue weighted by atomic mass is 10.1. The summed E-state index contributed by atoms with van der Waals surface area (Å²) in [5.41, 5.74) is 5.29. The highest BCUT2D eigenvalue weighted by atomic mass is 35.5. The summed E-state index contributed by atoms with van der Waals surface area (Å²) in [7, 11) is 0. The molecule has 0 amide bonds. The molecule has 0 saturated carbocycles. The first kappa shape index (κ1) is 19.7. The van der Waals surface area contributed by atoms with Gasteiger partial charge >= 0.3 is 0 Å². The molecule has 0 aliphatic carbocycles. The van der Waals surface area contributed by atoms with Gasteiger partial charge in [0.05, 0.1) is 4.92 Å². The molecule has 144 valence electrons. The van der Waals surface area contributed by atoms with Crippen molar-refractivity contribution in [3.63, 3.8) is 0 Å². The molecule has 1 N–H and O–H groups in total. The fourth-order valence-electron chi connectivity index (χ4n) is 2.82. The van der Waals surface area contributed by atoms with Crippen LogP contribution in [0.1, 0.15) is 22.3 Å². The van der Waals surface area contributed by atoms with E-state index in [1.807, 2.05) is 12.1 Å². The van der Waals surface area contributed by atoms with Gasteiger partial charge in [-0.2, -0.15) is 0 Å². The maximum atomic E-state index is 10.8. The Hall–Kier alpha value is -3.05. The smallest absolute Gasteiger partial charge is 0.269 e. The molecule has 0 heterocycles. The van der Waals surface area contributed by atoms with Crippen molar-refractivity contribution in [1.29, 1.82) is 0 Å². The minimum Gasteiger partial charge on any atom is -0.489 e. The average molecular weight is 397 g/mol. The van der Waals surface area contributed by atoms with Crippen molar-refractivity contribution in [3.8, 4) is 5.75 Å². The summed E-state index contributed by atoms with van der Waals surface area (Å²) < 4.78 is 5.95. The maximum absolute atomic E-state index is 10.8. The molecule has 0 spiro atoms. The third kappa shape index (κ3) is 5.02. The van der Waals surface area contributed by atoms with E-state index in [0.29, 0.717) is 18.2 Å². The maximum Gasteiger partial charge on any atom is 0.269 e. The van der Waals surface area contributed by atoms with Crippen LogP contribution in [0.15, 0.2) is 60.7 Å². The fourth-order valence-corrected chi connectivity index (χ4v) is 3.01. The van der Waals surface area contributed by atoms with Gasteiger partial charge < -0.3 is 10.1 Å². The zero-order valence-corrected chi connectivity index (χ0v) is 16.5. The number of hydrogen-bond donors (Lipinski definition) is 1. The van der Waals surface area contributed by atoms with Gasteiger partial charge in [0.2, 0.25) is 0 Å². The number of anilines is 1. The van der Waals surface area contributed by atoms with Gasteiger partial charge in [-0.1, -0.05) is 23.7 Å². The molecule has 0 atom stereocenters. The van der Waals surface area contributed by atoms with Gasteiger partial charge in [0, 0.05) is 35.0 Å². The van der Waals surface area contributed by atoms with Gasteiger partial charge in [0.15, 0.2) is 0 Å². The Morgan fingerprint density at radius 3 is 2.50 bits per heavy atom. The molecule has 6 heteroatoms. The summed E-state index contributed by atoms with van der Waals surface area (Å²) in [4.78, 5) is 10.3. The second-order valence-corrected chi connectivity index (χ2v) is 7.07. The Balaban J connectivity index is 1.71. The zero-order valence-electron chi connectivity index (χ0n) is 15.7. The Kier molecular flexibility index (Phi) is 6.16. The van der Waals surface area contributed by atoms with E-state index in [1.165, 1.54) is 23.3 Å². The molecule has 0 aliphatic heterocycles. The number of halogens is 1. The highest BCUT2D eigenvalue weighted by Gasteiger charge is 2.08. The van der Waals surface area contributed by atoms with E-state index >= 15 is 0 Å². The lowest BCUT2D eigenvalue weighted by molar-refractivity contribution is -0.384. The second-order valence-electron chi connectivity index (χ2n) is 6.64. The van der Waals surface area contributed by atoms with E-state index in [2.05, 4.69) is 37.4 Å². The van der Waals surface area contributed by atoms with Crippen LogP contribution in [-0.4, -0.2) is 4.92 Å². The molecule has 5 nitrogen and oxygen atoms in total. The highest BCUT2D eigenvalue weighted by Crippen LogP contribution is 2.26. The van der Waals surface area contributed by atoms with Gasteiger partial charge in [-0.15, -0.1) is 0 Å². The van der Waals surface area contributed by atoms with Crippen LogP contribution in [0.4, 0.5) is 11.4 Å². The number of ether oxygens (including phenoxy) is 1. The van der Waals surface area contributed by atoms with Crippen LogP contribution in [0.5, 0.6) is 5.75 Å². The van der Waals surface area contributed by atoms with Crippen molar-refractivity contribution in [2.24, 2.45) is 0 Å². The largest absolute Gasteiger partial charge is 0.489 e. The summed E-state index contributed by atoms with van der Waals surface area (Å²) >= 11 is 6.17. The third-order valence-corrected chi connectivity index (χ3v) is 4.66. The van der Waals surface area contributed by atoms with Gasteiger partial charge in [-0.3, -0.25) is 10.1 Å². The standard InChI is InChI=1S/C22H21ClN2O3/c1-15-3-4-16(2)21(11-15)24-13-18-12-19(23)7-10-22(18)28-14-17-5-8-20(9-6-17)25(26)27/h3-12,24H,13-14H2,1-2H3. The van der Waals surface area contributed by atoms with E-state index in [9.17, 15) is 10.1 Å². The van der Waals surface area contributed by atoms with Crippen LogP contribution in [0.3, 0.4) is 0 Å². The molecule has 0 radical (unpaired) electrons. The number of nitro groups is 1. The van der Waals surface area contributed by atoms with Crippen LogP contribution in [0.2, 0.25) is 5.02 Å². The number of aryl methyl sites for hydroxylation is 2. The van der Waals surface area contributed by atoms with Crippen LogP contribution in [-0.2, 0) is 13.2 Å². The van der Waals surface area contributed by atoms with Gasteiger partial charge in [0.1, 0.15) is 12.4 Å². The van der Waals surface area contributed by atoms with Crippen molar-refractivity contribution < 1.29 is 9.66 Å². The lowest BCUT2D eigenvalue weighted by Gasteiger charge is -2.15. The van der Waals surface area contributed by atoms with Gasteiger partial charge in [-0.05, 0) is 66.9 Å². The van der Waals surface area contributed by atoms with Crippen LogP contribution >= 0.6 is 11.6 Å². The van der Waals surface area contributed by atoms with E-state index < -0.39 is 4.92 Å². The Bertz CT molecular complexity index is 988. The number of nitrogens with one attached hydrogen (secondary N) is 1. The Morgan fingerprint density at radius 1 is 1.04 bits per heavy atom. The zero-order chi connectivity index (χ0) is 20.1. The SMILES string of the molecule is Cc1ccc(C)c(NCc2cc(Cl)ccc2OCc2ccc([N+](=O)[O-])cc2)c1. The molecule has 3 rings (SSSR count). The van der Waals surface area contributed by atoms with Crippen LogP contribution in [0.25, 0.3) is 0 Å². The number of non-ortho nitro benzene ring substituents is 1. The van der Waals surface area contributed by atoms with Crippen molar-refractivity contribution >= 4 is 23.0 Å². The predicted octanol–water partition coefficient (Wildman–Crippen LogP) is 6.06. The number of benzene rings is 3. The van der Waals surface area contributed by atoms with Crippen molar-refractivity contribution in [3.05, 3.63) is 98.1 Å². The molecule has 0 bridgehead atoms. The fraction of sp³-hybridized carbons (Fsp3) is 0.182. The molecule has 3 aromatic rings. The summed E-state index contributed by atoms with van der Waals surface area (Å²) in [5.74, 6) is 0.723. The molecule has 0 fully saturated rings. The van der Waals surface area contributed by atoms with E-state index in [0.717, 1.165) is 22.6 Å². The normalized spacial score (nSPS) is 10.5. The van der Waals surface area contributed by atoms with E-state index in [4.69, 9.17) is 16.3 Å². The van der Waals surface area contributed by atoms with E-state index in [-0.39, 0.29) is 5.69 Å². The summed E-state index contributed by atoms with van der Waals surface area (Å²) in [6.07, 6.45) is 0. The summed E-state index contributed by atoms with van der Waals surface area (Å²) in [6.45, 7) is 5.01. The number of nitrogens with zero attached hydrogens (tertiary/aromatic N) is 1. The summed E-state index contributed by atoms with van der Waals surface area (Å²) in [6, 6.07) is 18.1. The molecule has 0 aromatic heterocycles. The molecule has 0 aliphatic rings. The van der Waals surface area contributed by atoms with Gasteiger partial charge in [0.25, 0.3) is 5.69 Å². The minimum atomic E-state index is -0.416. The summed E-state index contributed by atoms with van der Waals surface area (Å²) in [5, 5.41) is 14.8. The Morgan fingerprint density at radius 2 is 1.79 bits per heavy atom. The topological polar surface area (TPSA) is 64.4 Å². The highest BCUT2D eigenvalue weighted by molar-refractivity contribution is 6.30. The first-order chi connectivity index (χ1) is 13.4. The molecule has 3 aromatic carbocycles. The van der Waals surface area contributed by atoms with E-state index in [1.54, 1.807) is 18.2 Å². The second kappa shape index (κ2) is 8.76. The van der Waals surface area contributed by atoms with Crippen LogP contribution in [0, 0.1) is 24.0 Å².